The summed E-state index contributed by atoms with van der Waals surface area (Å²) in [5.41, 5.74) is 19.9. The lowest BCUT2D eigenvalue weighted by atomic mass is 9.81. The van der Waals surface area contributed by atoms with Gasteiger partial charge in [0.15, 0.2) is 0 Å². The third-order valence-corrected chi connectivity index (χ3v) is 12.3. The zero-order valence-corrected chi connectivity index (χ0v) is 30.1. The average molecular weight is 687 g/mol. The summed E-state index contributed by atoms with van der Waals surface area (Å²) < 4.78 is 2.42. The van der Waals surface area contributed by atoms with E-state index in [-0.39, 0.29) is 5.41 Å². The molecule has 252 valence electrons. The van der Waals surface area contributed by atoms with Gasteiger partial charge in [0, 0.05) is 32.8 Å². The molecular formula is C52H34N2. The number of benzene rings is 8. The van der Waals surface area contributed by atoms with Crippen LogP contribution in [-0.4, -0.2) is 9.55 Å². The van der Waals surface area contributed by atoms with Crippen molar-refractivity contribution in [3.05, 3.63) is 181 Å². The van der Waals surface area contributed by atoms with E-state index in [0.29, 0.717) is 0 Å². The van der Waals surface area contributed by atoms with Crippen LogP contribution >= 0.6 is 0 Å². The first kappa shape index (κ1) is 29.8. The average Bonchev–Trinajstić information content (AvgIpc) is 3.81. The van der Waals surface area contributed by atoms with Gasteiger partial charge in [-0.1, -0.05) is 129 Å². The van der Waals surface area contributed by atoms with Crippen LogP contribution in [0.5, 0.6) is 0 Å². The zero-order valence-electron chi connectivity index (χ0n) is 30.1. The van der Waals surface area contributed by atoms with Gasteiger partial charge in [-0.2, -0.15) is 0 Å². The van der Waals surface area contributed by atoms with E-state index in [0.717, 1.165) is 22.5 Å². The van der Waals surface area contributed by atoms with Gasteiger partial charge in [-0.3, -0.25) is 0 Å². The minimum atomic E-state index is -0.0301. The summed E-state index contributed by atoms with van der Waals surface area (Å²) in [6.45, 7) is 4.71. The van der Waals surface area contributed by atoms with Crippen molar-refractivity contribution >= 4 is 43.5 Å². The first-order valence-electron chi connectivity index (χ1n) is 18.9. The molecule has 2 aliphatic rings. The van der Waals surface area contributed by atoms with Crippen LogP contribution in [-0.2, 0) is 5.41 Å². The van der Waals surface area contributed by atoms with Crippen LogP contribution in [0.2, 0.25) is 0 Å². The second-order valence-corrected chi connectivity index (χ2v) is 15.6. The Morgan fingerprint density at radius 1 is 0.426 bits per heavy atom. The van der Waals surface area contributed by atoms with E-state index < -0.39 is 0 Å². The van der Waals surface area contributed by atoms with E-state index in [2.05, 4.69) is 188 Å². The van der Waals surface area contributed by atoms with Crippen LogP contribution in [0.1, 0.15) is 25.0 Å². The Bertz CT molecular complexity index is 3250. The fraction of sp³-hybridized carbons (Fsp3) is 0.0577. The molecule has 0 fully saturated rings. The molecular weight excluding hydrogens is 653 g/mol. The molecule has 10 aromatic rings. The standard InChI is InChI=1S/C52H34N2/c1-52(2)45-15-7-5-12-39(45)40-24-21-34(29-46(40)52)33-22-25-50-43(28-33)41-13-6-8-17-49(41)54(50)36-23-20-31-26-35(19-18-32(31)27-36)48-30-44-38-11-4-3-10-37(38)42-14-9-16-47(53-48)51(42)44/h3-30H,1-2H3. The van der Waals surface area contributed by atoms with Crippen LogP contribution in [0, 0.1) is 0 Å². The molecule has 54 heavy (non-hydrogen) atoms. The molecule has 2 heteroatoms. The van der Waals surface area contributed by atoms with Crippen LogP contribution in [0.25, 0.3) is 105 Å². The Morgan fingerprint density at radius 2 is 1.09 bits per heavy atom. The summed E-state index contributed by atoms with van der Waals surface area (Å²) in [6, 6.07) is 62.8. The molecule has 0 atom stereocenters. The second kappa shape index (κ2) is 10.7. The zero-order chi connectivity index (χ0) is 35.7. The lowest BCUT2D eigenvalue weighted by Gasteiger charge is -2.22. The number of nitrogens with zero attached hydrogens (tertiary/aromatic N) is 2. The largest absolute Gasteiger partial charge is 0.309 e. The first-order valence-corrected chi connectivity index (χ1v) is 18.9. The summed E-state index contributed by atoms with van der Waals surface area (Å²) in [5.74, 6) is 0. The highest BCUT2D eigenvalue weighted by atomic mass is 15.0. The highest BCUT2D eigenvalue weighted by molar-refractivity contribution is 6.15. The monoisotopic (exact) mass is 686 g/mol. The maximum Gasteiger partial charge on any atom is 0.0722 e. The number of pyridine rings is 1. The van der Waals surface area contributed by atoms with Crippen molar-refractivity contribution in [2.75, 3.05) is 0 Å². The van der Waals surface area contributed by atoms with Gasteiger partial charge in [0.05, 0.1) is 22.2 Å². The molecule has 12 rings (SSSR count). The van der Waals surface area contributed by atoms with Crippen molar-refractivity contribution in [3.8, 4) is 61.5 Å². The maximum absolute atomic E-state index is 5.18. The predicted octanol–water partition coefficient (Wildman–Crippen LogP) is 13.8. The van der Waals surface area contributed by atoms with Crippen molar-refractivity contribution in [2.24, 2.45) is 0 Å². The normalized spacial score (nSPS) is 13.5. The summed E-state index contributed by atoms with van der Waals surface area (Å²) in [7, 11) is 0. The molecule has 0 spiro atoms. The van der Waals surface area contributed by atoms with E-state index in [4.69, 9.17) is 4.98 Å². The molecule has 8 aromatic carbocycles. The third kappa shape index (κ3) is 4.03. The maximum atomic E-state index is 5.18. The van der Waals surface area contributed by atoms with Gasteiger partial charge in [-0.15, -0.1) is 0 Å². The number of hydrogen-bond donors (Lipinski definition) is 0. The Morgan fingerprint density at radius 3 is 2.00 bits per heavy atom. The van der Waals surface area contributed by atoms with Crippen molar-refractivity contribution in [3.63, 3.8) is 0 Å². The van der Waals surface area contributed by atoms with Crippen molar-refractivity contribution in [2.45, 2.75) is 19.3 Å². The van der Waals surface area contributed by atoms with Gasteiger partial charge in [-0.25, -0.2) is 4.98 Å². The molecule has 0 radical (unpaired) electrons. The lowest BCUT2D eigenvalue weighted by molar-refractivity contribution is 0.660. The van der Waals surface area contributed by atoms with E-state index >= 15 is 0 Å². The van der Waals surface area contributed by atoms with Crippen LogP contribution in [0.3, 0.4) is 0 Å². The molecule has 0 saturated carbocycles. The van der Waals surface area contributed by atoms with Gasteiger partial charge in [-0.05, 0) is 121 Å². The number of rotatable bonds is 3. The van der Waals surface area contributed by atoms with Crippen LogP contribution in [0.15, 0.2) is 170 Å². The summed E-state index contributed by atoms with van der Waals surface area (Å²) in [4.78, 5) is 5.18. The SMILES string of the molecule is CC1(C)c2ccccc2-c2ccc(-c3ccc4c(c3)c3ccccc3n4-c3ccc4cc(-c5cc6c7c(cccc7n5)-c5ccccc5-6)ccc4c3)cc21. The van der Waals surface area contributed by atoms with Gasteiger partial charge in [0.1, 0.15) is 0 Å². The Labute approximate surface area is 313 Å². The van der Waals surface area contributed by atoms with Crippen molar-refractivity contribution in [1.82, 2.24) is 9.55 Å². The number of fused-ring (bicyclic) bond motifs is 10. The highest BCUT2D eigenvalue weighted by Gasteiger charge is 2.35. The second-order valence-electron chi connectivity index (χ2n) is 15.6. The molecule has 0 N–H and O–H groups in total. The molecule has 0 unspecified atom stereocenters. The number of para-hydroxylation sites is 1. The Balaban J connectivity index is 0.952. The summed E-state index contributed by atoms with van der Waals surface area (Å²) in [5, 5.41) is 6.20. The fourth-order valence-corrected chi connectivity index (χ4v) is 9.67. The smallest absolute Gasteiger partial charge is 0.0722 e. The molecule has 2 aliphatic carbocycles. The predicted molar refractivity (Wildman–Crippen MR) is 226 cm³/mol. The fourth-order valence-electron chi connectivity index (χ4n) is 9.67. The highest BCUT2D eigenvalue weighted by Crippen LogP contribution is 2.50. The van der Waals surface area contributed by atoms with Crippen molar-refractivity contribution in [1.29, 1.82) is 0 Å². The molecule has 0 bridgehead atoms. The van der Waals surface area contributed by atoms with Crippen LogP contribution < -0.4 is 0 Å². The van der Waals surface area contributed by atoms with Crippen LogP contribution in [0.4, 0.5) is 0 Å². The molecule has 2 nitrogen and oxygen atoms in total. The van der Waals surface area contributed by atoms with Gasteiger partial charge >= 0.3 is 0 Å². The molecule has 0 aliphatic heterocycles. The molecule has 0 amide bonds. The van der Waals surface area contributed by atoms with E-state index in [1.807, 2.05) is 0 Å². The van der Waals surface area contributed by atoms with Gasteiger partial charge in [0.25, 0.3) is 0 Å². The summed E-state index contributed by atoms with van der Waals surface area (Å²) >= 11 is 0. The van der Waals surface area contributed by atoms with E-state index in [9.17, 15) is 0 Å². The minimum Gasteiger partial charge on any atom is -0.309 e. The number of hydrogen-bond acceptors (Lipinski definition) is 1. The van der Waals surface area contributed by atoms with Crippen molar-refractivity contribution < 1.29 is 0 Å². The number of aromatic nitrogens is 2. The minimum absolute atomic E-state index is 0.0301. The lowest BCUT2D eigenvalue weighted by Crippen LogP contribution is -2.14. The Hall–Kier alpha value is -6.77. The van der Waals surface area contributed by atoms with Gasteiger partial charge in [0.2, 0.25) is 0 Å². The quantitative estimate of drug-likeness (QED) is 0.181. The first-order chi connectivity index (χ1) is 26.5. The topological polar surface area (TPSA) is 17.8 Å². The van der Waals surface area contributed by atoms with E-state index in [1.54, 1.807) is 0 Å². The third-order valence-electron chi connectivity index (χ3n) is 12.3. The molecule has 2 aromatic heterocycles. The Kier molecular flexibility index (Phi) is 5.87. The van der Waals surface area contributed by atoms with Gasteiger partial charge < -0.3 is 4.57 Å². The summed E-state index contributed by atoms with van der Waals surface area (Å²) in [6.07, 6.45) is 0. The molecule has 0 saturated heterocycles. The van der Waals surface area contributed by atoms with E-state index in [1.165, 1.54) is 93.6 Å². The molecule has 2 heterocycles.